The number of nitrogens with one attached hydrogen (secondary N) is 1. The Morgan fingerprint density at radius 2 is 1.80 bits per heavy atom. The topological polar surface area (TPSA) is 67.5 Å². The van der Waals surface area contributed by atoms with Gasteiger partial charge < -0.3 is 19.4 Å². The summed E-state index contributed by atoms with van der Waals surface area (Å²) in [6.07, 6.45) is 0.775. The van der Waals surface area contributed by atoms with Gasteiger partial charge in [0.2, 0.25) is 5.91 Å². The number of nitrogens with zero attached hydrogens (tertiary/aromatic N) is 2. The first kappa shape index (κ1) is 21.8. The van der Waals surface area contributed by atoms with Crippen molar-refractivity contribution in [2.24, 2.45) is 0 Å². The number of methoxy groups -OCH3 is 2. The van der Waals surface area contributed by atoms with Crippen molar-refractivity contribution in [1.29, 1.82) is 0 Å². The Morgan fingerprint density at radius 1 is 1.07 bits per heavy atom. The number of rotatable bonds is 9. The van der Waals surface area contributed by atoms with Crippen LogP contribution in [0.15, 0.2) is 53.7 Å². The number of aryl methyl sites for hydroxylation is 1. The third-order valence-electron chi connectivity index (χ3n) is 4.80. The number of hydrogen-bond acceptors (Lipinski definition) is 5. The van der Waals surface area contributed by atoms with Gasteiger partial charge in [-0.1, -0.05) is 48.2 Å². The normalized spacial score (nSPS) is 10.7. The van der Waals surface area contributed by atoms with Gasteiger partial charge in [0.05, 0.1) is 25.7 Å². The summed E-state index contributed by atoms with van der Waals surface area (Å²) in [5, 5.41) is 0.770. The van der Waals surface area contributed by atoms with Gasteiger partial charge in [0.1, 0.15) is 0 Å². The lowest BCUT2D eigenvalue weighted by Gasteiger charge is -2.18. The summed E-state index contributed by atoms with van der Waals surface area (Å²) < 4.78 is 10.6. The molecule has 0 spiro atoms. The zero-order chi connectivity index (χ0) is 21.5. The first-order valence-corrected chi connectivity index (χ1v) is 10.7. The van der Waals surface area contributed by atoms with Crippen molar-refractivity contribution < 1.29 is 14.3 Å². The van der Waals surface area contributed by atoms with Crippen LogP contribution in [-0.4, -0.2) is 47.8 Å². The van der Waals surface area contributed by atoms with Crippen LogP contribution in [0.1, 0.15) is 22.5 Å². The number of carbonyl (C=O) groups excluding carboxylic acids is 1. The smallest absolute Gasteiger partial charge is 0.233 e. The number of H-pyrrole nitrogens is 1. The molecule has 3 rings (SSSR count). The van der Waals surface area contributed by atoms with Gasteiger partial charge in [0.15, 0.2) is 16.7 Å². The predicted molar refractivity (Wildman–Crippen MR) is 119 cm³/mol. The molecule has 0 aliphatic rings. The summed E-state index contributed by atoms with van der Waals surface area (Å²) in [5.41, 5.74) is 4.24. The highest BCUT2D eigenvalue weighted by Gasteiger charge is 2.14. The molecule has 0 radical (unpaired) electrons. The molecular weight excluding hydrogens is 398 g/mol. The van der Waals surface area contributed by atoms with Crippen molar-refractivity contribution >= 4 is 17.7 Å². The van der Waals surface area contributed by atoms with E-state index in [9.17, 15) is 4.79 Å². The van der Waals surface area contributed by atoms with E-state index in [4.69, 9.17) is 9.47 Å². The minimum Gasteiger partial charge on any atom is -0.493 e. The molecule has 2 aromatic carbocycles. The summed E-state index contributed by atoms with van der Waals surface area (Å²) in [6.45, 7) is 2.51. The maximum absolute atomic E-state index is 12.6. The second-order valence-electron chi connectivity index (χ2n) is 7.00. The zero-order valence-electron chi connectivity index (χ0n) is 17.8. The molecule has 0 aliphatic heterocycles. The van der Waals surface area contributed by atoms with Gasteiger partial charge in [-0.15, -0.1) is 0 Å². The van der Waals surface area contributed by atoms with Crippen LogP contribution < -0.4 is 9.47 Å². The fourth-order valence-corrected chi connectivity index (χ4v) is 3.96. The Morgan fingerprint density at radius 3 is 2.50 bits per heavy atom. The molecule has 30 heavy (non-hydrogen) atoms. The van der Waals surface area contributed by atoms with Gasteiger partial charge in [0, 0.05) is 25.7 Å². The number of aromatic amines is 1. The van der Waals surface area contributed by atoms with Gasteiger partial charge in [-0.25, -0.2) is 4.98 Å². The molecule has 6 nitrogen and oxygen atoms in total. The molecule has 1 N–H and O–H groups in total. The molecule has 0 unspecified atom stereocenters. The number of carbonyl (C=O) groups is 1. The first-order valence-electron chi connectivity index (χ1n) is 9.67. The fraction of sp³-hybridized carbons (Fsp3) is 0.304. The van der Waals surface area contributed by atoms with Crippen LogP contribution in [-0.2, 0) is 17.8 Å². The van der Waals surface area contributed by atoms with Crippen molar-refractivity contribution in [1.82, 2.24) is 14.9 Å². The molecule has 1 heterocycles. The van der Waals surface area contributed by atoms with Gasteiger partial charge >= 0.3 is 0 Å². The molecule has 1 aromatic heterocycles. The molecule has 0 bridgehead atoms. The molecule has 0 saturated carbocycles. The molecule has 0 fully saturated rings. The molecule has 0 saturated heterocycles. The van der Waals surface area contributed by atoms with E-state index in [1.165, 1.54) is 17.3 Å². The van der Waals surface area contributed by atoms with E-state index in [-0.39, 0.29) is 5.91 Å². The van der Waals surface area contributed by atoms with Gasteiger partial charge in [-0.05, 0) is 30.2 Å². The van der Waals surface area contributed by atoms with E-state index < -0.39 is 0 Å². The molecule has 0 aliphatic carbocycles. The van der Waals surface area contributed by atoms with Crippen molar-refractivity contribution in [3.05, 3.63) is 71.0 Å². The average Bonchev–Trinajstić information content (AvgIpc) is 3.11. The van der Waals surface area contributed by atoms with E-state index >= 15 is 0 Å². The van der Waals surface area contributed by atoms with Gasteiger partial charge in [-0.3, -0.25) is 4.79 Å². The third-order valence-corrected chi connectivity index (χ3v) is 5.66. The van der Waals surface area contributed by atoms with Crippen LogP contribution in [0.5, 0.6) is 11.5 Å². The quantitative estimate of drug-likeness (QED) is 0.523. The van der Waals surface area contributed by atoms with Crippen molar-refractivity contribution in [2.75, 3.05) is 27.0 Å². The number of benzene rings is 2. The third kappa shape index (κ3) is 5.57. The van der Waals surface area contributed by atoms with Crippen LogP contribution in [0.2, 0.25) is 0 Å². The number of aromatic nitrogens is 2. The number of thioether (sulfide) groups is 1. The molecule has 3 aromatic rings. The lowest BCUT2D eigenvalue weighted by atomic mass is 10.1. The van der Waals surface area contributed by atoms with Gasteiger partial charge in [-0.2, -0.15) is 0 Å². The van der Waals surface area contributed by atoms with E-state index in [1.807, 2.05) is 43.3 Å². The Kier molecular flexibility index (Phi) is 7.41. The SMILES string of the molecule is COc1ccc(CN(C)C(=O)CSc2nc(Cc3ccccc3)c(C)[nH]2)cc1OC. The van der Waals surface area contributed by atoms with Crippen LogP contribution >= 0.6 is 11.8 Å². The minimum atomic E-state index is 0.0356. The Hall–Kier alpha value is -2.93. The minimum absolute atomic E-state index is 0.0356. The van der Waals surface area contributed by atoms with Crippen LogP contribution in [0.4, 0.5) is 0 Å². The second-order valence-corrected chi connectivity index (χ2v) is 7.97. The highest BCUT2D eigenvalue weighted by atomic mass is 32.2. The lowest BCUT2D eigenvalue weighted by molar-refractivity contribution is -0.127. The predicted octanol–water partition coefficient (Wildman–Crippen LogP) is 4.08. The van der Waals surface area contributed by atoms with E-state index in [0.29, 0.717) is 23.8 Å². The standard InChI is InChI=1S/C23H27N3O3S/c1-16-19(12-17-8-6-5-7-9-17)25-23(24-16)30-15-22(27)26(2)14-18-10-11-20(28-3)21(13-18)29-4/h5-11,13H,12,14-15H2,1-4H3,(H,24,25). The van der Waals surface area contributed by atoms with E-state index in [1.54, 1.807) is 26.2 Å². The fourth-order valence-electron chi connectivity index (χ4n) is 3.08. The summed E-state index contributed by atoms with van der Waals surface area (Å²) in [6, 6.07) is 15.9. The Balaban J connectivity index is 1.56. The van der Waals surface area contributed by atoms with E-state index in [0.717, 1.165) is 28.5 Å². The summed E-state index contributed by atoms with van der Waals surface area (Å²) in [7, 11) is 5.00. The van der Waals surface area contributed by atoms with Crippen LogP contribution in [0, 0.1) is 6.92 Å². The van der Waals surface area contributed by atoms with Crippen molar-refractivity contribution in [3.8, 4) is 11.5 Å². The highest BCUT2D eigenvalue weighted by Crippen LogP contribution is 2.28. The first-order chi connectivity index (χ1) is 14.5. The zero-order valence-corrected chi connectivity index (χ0v) is 18.6. The molecule has 7 heteroatoms. The second kappa shape index (κ2) is 10.2. The molecule has 0 atom stereocenters. The maximum Gasteiger partial charge on any atom is 0.233 e. The van der Waals surface area contributed by atoms with E-state index in [2.05, 4.69) is 22.1 Å². The molecular formula is C23H27N3O3S. The highest BCUT2D eigenvalue weighted by molar-refractivity contribution is 7.99. The molecule has 158 valence electrons. The average molecular weight is 426 g/mol. The van der Waals surface area contributed by atoms with Gasteiger partial charge in [0.25, 0.3) is 0 Å². The summed E-state index contributed by atoms with van der Waals surface area (Å²) in [4.78, 5) is 22.2. The van der Waals surface area contributed by atoms with Crippen LogP contribution in [0.3, 0.4) is 0 Å². The number of imidazole rings is 1. The van der Waals surface area contributed by atoms with Crippen molar-refractivity contribution in [3.63, 3.8) is 0 Å². The number of hydrogen-bond donors (Lipinski definition) is 1. The lowest BCUT2D eigenvalue weighted by Crippen LogP contribution is -2.27. The maximum atomic E-state index is 12.6. The van der Waals surface area contributed by atoms with Crippen LogP contribution in [0.25, 0.3) is 0 Å². The number of ether oxygens (including phenoxy) is 2. The van der Waals surface area contributed by atoms with Crippen molar-refractivity contribution in [2.45, 2.75) is 25.0 Å². The number of amides is 1. The Bertz CT molecular complexity index is 989. The monoisotopic (exact) mass is 425 g/mol. The summed E-state index contributed by atoms with van der Waals surface area (Å²) >= 11 is 1.42. The Labute approximate surface area is 181 Å². The summed E-state index contributed by atoms with van der Waals surface area (Å²) in [5.74, 6) is 1.68. The largest absolute Gasteiger partial charge is 0.493 e. The molecule has 1 amide bonds.